The Morgan fingerprint density at radius 2 is 0.469 bits per heavy atom. The summed E-state index contributed by atoms with van der Waals surface area (Å²) >= 11 is 0. The van der Waals surface area contributed by atoms with Gasteiger partial charge in [0.2, 0.25) is 0 Å². The number of ether oxygens (including phenoxy) is 4. The molecule has 0 amide bonds. The number of carbonyl (C=O) groups is 4. The summed E-state index contributed by atoms with van der Waals surface area (Å²) in [5.41, 5.74) is 0. The molecule has 580 valence electrons. The summed E-state index contributed by atoms with van der Waals surface area (Å²) in [6.45, 7) is 4.99. The molecule has 0 saturated heterocycles. The molecule has 19 heteroatoms. The van der Waals surface area contributed by atoms with Crippen molar-refractivity contribution in [1.82, 2.24) is 0 Å². The van der Waals surface area contributed by atoms with Gasteiger partial charge < -0.3 is 33.8 Å². The standard InChI is InChI=1S/C79H152O17P2/c1-5-9-13-17-21-25-29-33-36-40-44-48-52-56-60-64-77(82)90-70-75(96-79(84)66-62-58-54-50-46-42-38-35-31-27-23-19-15-11-7-3)72-94-98(87,88)92-68-73(80)67-91-97(85,86)93-71-74(69-89-76(81)63-59-55-51-47-43-39-32-28-24-20-16-12-8-4)95-78(83)65-61-57-53-49-45-41-37-34-30-26-22-18-14-10-6-2/h34,37,73-75,80H,5-33,35-36,38-72H2,1-4H3,(H,85,86)(H,87,88)/b37-34-/t73-,74-,75-/m1/s1. The van der Waals surface area contributed by atoms with E-state index in [1.165, 1.54) is 231 Å². The summed E-state index contributed by atoms with van der Waals surface area (Å²) in [6.07, 6.45) is 66.0. The Balaban J connectivity index is 5.28. The van der Waals surface area contributed by atoms with Gasteiger partial charge in [-0.1, -0.05) is 348 Å². The highest BCUT2D eigenvalue weighted by atomic mass is 31.2. The summed E-state index contributed by atoms with van der Waals surface area (Å²) in [4.78, 5) is 73.0. The van der Waals surface area contributed by atoms with Crippen LogP contribution in [0.2, 0.25) is 0 Å². The SMILES string of the molecule is CCCCCCCC/C=C\CCCCCCCC(=O)O[C@H](COC(=O)CCCCCCCCCCCCCCC)COP(=O)(O)OC[C@@H](O)COP(=O)(O)OC[C@@H](COC(=O)CCCCCCCCCCCCCCCCC)OC(=O)CCCCCCCCCCCCCCCCC. The van der Waals surface area contributed by atoms with Crippen molar-refractivity contribution in [1.29, 1.82) is 0 Å². The molecule has 0 fully saturated rings. The lowest BCUT2D eigenvalue weighted by molar-refractivity contribution is -0.161. The Morgan fingerprint density at radius 1 is 0.276 bits per heavy atom. The maximum Gasteiger partial charge on any atom is 0.472 e. The molecule has 3 N–H and O–H groups in total. The van der Waals surface area contributed by atoms with E-state index in [0.29, 0.717) is 25.7 Å². The molecule has 0 aliphatic rings. The van der Waals surface area contributed by atoms with Crippen molar-refractivity contribution >= 4 is 39.5 Å². The first kappa shape index (κ1) is 95.8. The van der Waals surface area contributed by atoms with Gasteiger partial charge >= 0.3 is 39.5 Å². The summed E-state index contributed by atoms with van der Waals surface area (Å²) in [5.74, 6) is -2.12. The van der Waals surface area contributed by atoms with Gasteiger partial charge in [-0.2, -0.15) is 0 Å². The molecule has 0 aliphatic carbocycles. The molecule has 0 bridgehead atoms. The lowest BCUT2D eigenvalue weighted by atomic mass is 10.0. The second-order valence-corrected chi connectivity index (χ2v) is 31.0. The van der Waals surface area contributed by atoms with Gasteiger partial charge in [-0.3, -0.25) is 37.3 Å². The zero-order valence-electron chi connectivity index (χ0n) is 63.5. The monoisotopic (exact) mass is 1440 g/mol. The molecule has 0 spiro atoms. The van der Waals surface area contributed by atoms with Crippen molar-refractivity contribution in [3.05, 3.63) is 12.2 Å². The van der Waals surface area contributed by atoms with Crippen LogP contribution in [0.15, 0.2) is 12.2 Å². The molecule has 2 unspecified atom stereocenters. The van der Waals surface area contributed by atoms with E-state index >= 15 is 0 Å². The molecule has 98 heavy (non-hydrogen) atoms. The Kier molecular flexibility index (Phi) is 71.5. The van der Waals surface area contributed by atoms with Crippen molar-refractivity contribution in [3.63, 3.8) is 0 Å². The van der Waals surface area contributed by atoms with Gasteiger partial charge in [-0.05, 0) is 51.4 Å². The van der Waals surface area contributed by atoms with E-state index in [4.69, 9.17) is 37.0 Å². The van der Waals surface area contributed by atoms with Crippen LogP contribution in [0.5, 0.6) is 0 Å². The maximum absolute atomic E-state index is 13.1. The van der Waals surface area contributed by atoms with E-state index in [1.807, 2.05) is 0 Å². The van der Waals surface area contributed by atoms with Crippen LogP contribution in [-0.2, 0) is 65.4 Å². The highest BCUT2D eigenvalue weighted by Crippen LogP contribution is 2.45. The largest absolute Gasteiger partial charge is 0.472 e. The minimum absolute atomic E-state index is 0.0952. The second-order valence-electron chi connectivity index (χ2n) is 28.1. The minimum atomic E-state index is -4.96. The van der Waals surface area contributed by atoms with Crippen LogP contribution >= 0.6 is 15.6 Å². The van der Waals surface area contributed by atoms with E-state index in [2.05, 4.69) is 39.8 Å². The topological polar surface area (TPSA) is 237 Å². The molecule has 0 aliphatic heterocycles. The quantitative estimate of drug-likeness (QED) is 0.0169. The van der Waals surface area contributed by atoms with Gasteiger partial charge in [0.25, 0.3) is 0 Å². The summed E-state index contributed by atoms with van der Waals surface area (Å²) in [5, 5.41) is 10.6. The Hall–Kier alpha value is -2.20. The first-order valence-electron chi connectivity index (χ1n) is 40.9. The maximum atomic E-state index is 13.1. The fourth-order valence-corrected chi connectivity index (χ4v) is 13.6. The highest BCUT2D eigenvalue weighted by molar-refractivity contribution is 7.47. The molecule has 0 radical (unpaired) electrons. The lowest BCUT2D eigenvalue weighted by Crippen LogP contribution is -2.30. The molecule has 0 aromatic rings. The number of hydrogen-bond acceptors (Lipinski definition) is 15. The normalized spacial score (nSPS) is 13.9. The molecule has 17 nitrogen and oxygen atoms in total. The van der Waals surface area contributed by atoms with E-state index in [-0.39, 0.29) is 25.7 Å². The van der Waals surface area contributed by atoms with Crippen molar-refractivity contribution < 1.29 is 80.2 Å². The Bertz CT molecular complexity index is 1910. The van der Waals surface area contributed by atoms with Gasteiger partial charge in [-0.25, -0.2) is 9.13 Å². The third kappa shape index (κ3) is 72.2. The van der Waals surface area contributed by atoms with Gasteiger partial charge in [0.15, 0.2) is 12.2 Å². The van der Waals surface area contributed by atoms with Crippen LogP contribution < -0.4 is 0 Å². The molecule has 0 aromatic carbocycles. The van der Waals surface area contributed by atoms with Crippen LogP contribution in [0, 0.1) is 0 Å². The number of unbranched alkanes of at least 4 members (excludes halogenated alkanes) is 51. The van der Waals surface area contributed by atoms with E-state index in [0.717, 1.165) is 103 Å². The molecule has 0 saturated carbocycles. The number of carbonyl (C=O) groups excluding carboxylic acids is 4. The van der Waals surface area contributed by atoms with E-state index in [1.54, 1.807) is 0 Å². The highest BCUT2D eigenvalue weighted by Gasteiger charge is 2.30. The lowest BCUT2D eigenvalue weighted by Gasteiger charge is -2.21. The van der Waals surface area contributed by atoms with E-state index < -0.39 is 97.5 Å². The number of allylic oxidation sites excluding steroid dienone is 2. The molecular weight excluding hydrogens is 1280 g/mol. The number of aliphatic hydroxyl groups excluding tert-OH is 1. The minimum Gasteiger partial charge on any atom is -0.462 e. The van der Waals surface area contributed by atoms with Gasteiger partial charge in [-0.15, -0.1) is 0 Å². The molecular formula is C79H152O17P2. The van der Waals surface area contributed by atoms with Crippen LogP contribution in [0.1, 0.15) is 413 Å². The van der Waals surface area contributed by atoms with Gasteiger partial charge in [0.1, 0.15) is 19.3 Å². The predicted octanol–water partition coefficient (Wildman–Crippen LogP) is 23.6. The average molecular weight is 1440 g/mol. The fraction of sp³-hybridized carbons (Fsp3) is 0.924. The van der Waals surface area contributed by atoms with Crippen molar-refractivity contribution in [2.75, 3.05) is 39.6 Å². The summed E-state index contributed by atoms with van der Waals surface area (Å²) in [7, 11) is -9.92. The number of hydrogen-bond donors (Lipinski definition) is 3. The smallest absolute Gasteiger partial charge is 0.462 e. The average Bonchev–Trinajstić information content (AvgIpc) is 1.05. The number of phosphoric ester groups is 2. The van der Waals surface area contributed by atoms with Crippen LogP contribution in [0.4, 0.5) is 0 Å². The van der Waals surface area contributed by atoms with Crippen molar-refractivity contribution in [3.8, 4) is 0 Å². The van der Waals surface area contributed by atoms with Crippen molar-refractivity contribution in [2.24, 2.45) is 0 Å². The third-order valence-corrected chi connectivity index (χ3v) is 20.2. The van der Waals surface area contributed by atoms with Crippen LogP contribution in [0.25, 0.3) is 0 Å². The van der Waals surface area contributed by atoms with E-state index in [9.17, 15) is 43.2 Å². The number of rotatable bonds is 79. The predicted molar refractivity (Wildman–Crippen MR) is 400 cm³/mol. The Labute approximate surface area is 600 Å². The second kappa shape index (κ2) is 73.1. The fourth-order valence-electron chi connectivity index (χ4n) is 12.0. The first-order chi connectivity index (χ1) is 47.7. The summed E-state index contributed by atoms with van der Waals surface area (Å²) < 4.78 is 68.7. The first-order valence-corrected chi connectivity index (χ1v) is 43.9. The number of esters is 4. The molecule has 0 rings (SSSR count). The Morgan fingerprint density at radius 3 is 0.704 bits per heavy atom. The van der Waals surface area contributed by atoms with Crippen LogP contribution in [-0.4, -0.2) is 96.7 Å². The van der Waals surface area contributed by atoms with Crippen molar-refractivity contribution in [2.45, 2.75) is 431 Å². The zero-order valence-corrected chi connectivity index (χ0v) is 65.3. The van der Waals surface area contributed by atoms with Gasteiger partial charge in [0.05, 0.1) is 26.4 Å². The summed E-state index contributed by atoms with van der Waals surface area (Å²) in [6, 6.07) is 0. The van der Waals surface area contributed by atoms with Crippen LogP contribution in [0.3, 0.4) is 0 Å². The zero-order chi connectivity index (χ0) is 71.8. The molecule has 0 aromatic heterocycles. The number of phosphoric acid groups is 2. The molecule has 0 heterocycles. The van der Waals surface area contributed by atoms with Gasteiger partial charge in [0, 0.05) is 25.7 Å². The number of aliphatic hydroxyl groups is 1. The molecule has 5 atom stereocenters. The third-order valence-electron chi connectivity index (χ3n) is 18.3.